The van der Waals surface area contributed by atoms with Crippen LogP contribution in [0.3, 0.4) is 0 Å². The van der Waals surface area contributed by atoms with E-state index in [4.69, 9.17) is 4.74 Å². The van der Waals surface area contributed by atoms with E-state index in [0.29, 0.717) is 12.4 Å². The Morgan fingerprint density at radius 1 is 0.963 bits per heavy atom. The maximum Gasteiger partial charge on any atom is 0.275 e. The highest BCUT2D eigenvalue weighted by molar-refractivity contribution is 6.02. The molecule has 0 radical (unpaired) electrons. The number of hydrogen-bond acceptors (Lipinski definition) is 5. The fourth-order valence-corrected chi connectivity index (χ4v) is 2.49. The number of rotatable bonds is 7. The quantitative estimate of drug-likeness (QED) is 0.666. The molecule has 0 aliphatic carbocycles. The summed E-state index contributed by atoms with van der Waals surface area (Å²) in [5.41, 5.74) is 3.32. The average Bonchev–Trinajstić information content (AvgIpc) is 2.73. The van der Waals surface area contributed by atoms with Gasteiger partial charge in [-0.1, -0.05) is 31.2 Å². The average molecular weight is 362 g/mol. The number of anilines is 2. The molecule has 3 rings (SSSR count). The Hall–Kier alpha value is -3.41. The number of carbonyl (C=O) groups is 1. The molecule has 1 amide bonds. The van der Waals surface area contributed by atoms with Crippen molar-refractivity contribution in [3.05, 3.63) is 77.7 Å². The molecule has 0 aliphatic heterocycles. The summed E-state index contributed by atoms with van der Waals surface area (Å²) in [5, 5.41) is 6.00. The number of aromatic nitrogens is 2. The van der Waals surface area contributed by atoms with Crippen molar-refractivity contribution in [1.82, 2.24) is 9.97 Å². The molecular weight excluding hydrogens is 340 g/mol. The molecule has 2 N–H and O–H groups in total. The van der Waals surface area contributed by atoms with Gasteiger partial charge >= 0.3 is 0 Å². The van der Waals surface area contributed by atoms with Crippen LogP contribution in [0.1, 0.15) is 28.5 Å². The van der Waals surface area contributed by atoms with Crippen molar-refractivity contribution in [2.24, 2.45) is 0 Å². The van der Waals surface area contributed by atoms with Crippen molar-refractivity contribution in [1.29, 1.82) is 0 Å². The zero-order valence-electron chi connectivity index (χ0n) is 15.4. The third-order valence-corrected chi connectivity index (χ3v) is 4.14. The minimum atomic E-state index is -0.284. The molecule has 0 atom stereocenters. The molecule has 0 saturated heterocycles. The largest absolute Gasteiger partial charge is 0.497 e. The number of ether oxygens (including phenoxy) is 1. The predicted molar refractivity (Wildman–Crippen MR) is 106 cm³/mol. The first kappa shape index (κ1) is 18.4. The molecule has 138 valence electrons. The van der Waals surface area contributed by atoms with E-state index in [-0.39, 0.29) is 11.6 Å². The van der Waals surface area contributed by atoms with Gasteiger partial charge < -0.3 is 15.4 Å². The maximum absolute atomic E-state index is 12.3. The maximum atomic E-state index is 12.3. The van der Waals surface area contributed by atoms with Crippen LogP contribution in [0.5, 0.6) is 5.75 Å². The third kappa shape index (κ3) is 5.04. The number of benzene rings is 2. The molecule has 6 heteroatoms. The fraction of sp³-hybridized carbons (Fsp3) is 0.190. The van der Waals surface area contributed by atoms with Gasteiger partial charge in [-0.05, 0) is 41.8 Å². The van der Waals surface area contributed by atoms with E-state index in [0.717, 1.165) is 23.4 Å². The summed E-state index contributed by atoms with van der Waals surface area (Å²) in [6.07, 6.45) is 3.98. The lowest BCUT2D eigenvalue weighted by Crippen LogP contribution is -2.14. The van der Waals surface area contributed by atoms with E-state index in [9.17, 15) is 4.79 Å². The summed E-state index contributed by atoms with van der Waals surface area (Å²) in [4.78, 5) is 20.7. The van der Waals surface area contributed by atoms with E-state index >= 15 is 0 Å². The first-order chi connectivity index (χ1) is 13.2. The normalized spacial score (nSPS) is 10.3. The van der Waals surface area contributed by atoms with Gasteiger partial charge in [-0.2, -0.15) is 0 Å². The monoisotopic (exact) mass is 362 g/mol. The smallest absolute Gasteiger partial charge is 0.275 e. The predicted octanol–water partition coefficient (Wildman–Crippen LogP) is 3.91. The Kier molecular flexibility index (Phi) is 5.99. The van der Waals surface area contributed by atoms with Gasteiger partial charge in [-0.25, -0.2) is 9.97 Å². The first-order valence-electron chi connectivity index (χ1n) is 8.77. The van der Waals surface area contributed by atoms with E-state index in [1.165, 1.54) is 11.8 Å². The van der Waals surface area contributed by atoms with E-state index in [1.807, 2.05) is 48.5 Å². The minimum absolute atomic E-state index is 0.268. The summed E-state index contributed by atoms with van der Waals surface area (Å²) in [6, 6.07) is 15.5. The van der Waals surface area contributed by atoms with Crippen LogP contribution in [-0.2, 0) is 13.0 Å². The van der Waals surface area contributed by atoms with Crippen molar-refractivity contribution >= 4 is 17.4 Å². The number of nitrogens with one attached hydrogen (secondary N) is 2. The molecule has 0 saturated carbocycles. The zero-order chi connectivity index (χ0) is 19.1. The van der Waals surface area contributed by atoms with E-state index < -0.39 is 0 Å². The number of amides is 1. The van der Waals surface area contributed by atoms with Crippen LogP contribution in [-0.4, -0.2) is 23.0 Å². The van der Waals surface area contributed by atoms with Crippen LogP contribution >= 0.6 is 0 Å². The molecule has 0 unspecified atom stereocenters. The second-order valence-electron chi connectivity index (χ2n) is 5.99. The number of methoxy groups -OCH3 is 1. The van der Waals surface area contributed by atoms with Crippen LogP contribution in [0.15, 0.2) is 60.9 Å². The summed E-state index contributed by atoms with van der Waals surface area (Å²) >= 11 is 0. The Morgan fingerprint density at radius 2 is 1.67 bits per heavy atom. The Morgan fingerprint density at radius 3 is 2.26 bits per heavy atom. The molecule has 3 aromatic rings. The molecule has 27 heavy (non-hydrogen) atoms. The first-order valence-corrected chi connectivity index (χ1v) is 8.77. The molecule has 1 aromatic heterocycles. The number of hydrogen-bond donors (Lipinski definition) is 2. The number of carbonyl (C=O) groups excluding carboxylic acids is 1. The SMILES string of the molecule is CCc1ccc(NC(=O)c2cnc(NCc3ccc(OC)cc3)cn2)cc1. The molecule has 0 aliphatic rings. The molecule has 1 heterocycles. The van der Waals surface area contributed by atoms with Gasteiger partial charge in [0.05, 0.1) is 19.5 Å². The van der Waals surface area contributed by atoms with Gasteiger partial charge in [0.15, 0.2) is 0 Å². The summed E-state index contributed by atoms with van der Waals surface area (Å²) in [7, 11) is 1.64. The molecular formula is C21H22N4O2. The highest BCUT2D eigenvalue weighted by atomic mass is 16.5. The standard InChI is InChI=1S/C21H22N4O2/c1-3-15-4-8-17(9-5-15)25-21(26)19-13-24-20(14-22-19)23-12-16-6-10-18(27-2)11-7-16/h4-11,13-14H,3,12H2,1-2H3,(H,23,24)(H,25,26). The number of nitrogens with zero attached hydrogens (tertiary/aromatic N) is 2. The van der Waals surface area contributed by atoms with Crippen LogP contribution in [0.25, 0.3) is 0 Å². The third-order valence-electron chi connectivity index (χ3n) is 4.14. The molecule has 2 aromatic carbocycles. The van der Waals surface area contributed by atoms with E-state index in [2.05, 4.69) is 27.5 Å². The van der Waals surface area contributed by atoms with Gasteiger partial charge in [-0.3, -0.25) is 4.79 Å². The van der Waals surface area contributed by atoms with Crippen molar-refractivity contribution in [2.45, 2.75) is 19.9 Å². The van der Waals surface area contributed by atoms with Crippen LogP contribution in [0.4, 0.5) is 11.5 Å². The second kappa shape index (κ2) is 8.80. The highest BCUT2D eigenvalue weighted by Gasteiger charge is 2.08. The summed E-state index contributed by atoms with van der Waals surface area (Å²) in [6.45, 7) is 2.70. The Balaban J connectivity index is 1.56. The molecule has 6 nitrogen and oxygen atoms in total. The minimum Gasteiger partial charge on any atom is -0.497 e. The topological polar surface area (TPSA) is 76.1 Å². The van der Waals surface area contributed by atoms with Gasteiger partial charge in [0.1, 0.15) is 17.3 Å². The van der Waals surface area contributed by atoms with Gasteiger partial charge in [0.2, 0.25) is 0 Å². The van der Waals surface area contributed by atoms with Crippen molar-refractivity contribution < 1.29 is 9.53 Å². The van der Waals surface area contributed by atoms with Gasteiger partial charge in [0.25, 0.3) is 5.91 Å². The van der Waals surface area contributed by atoms with Gasteiger partial charge in [0, 0.05) is 12.2 Å². The van der Waals surface area contributed by atoms with Crippen LogP contribution in [0.2, 0.25) is 0 Å². The lowest BCUT2D eigenvalue weighted by Gasteiger charge is -2.08. The lowest BCUT2D eigenvalue weighted by atomic mass is 10.1. The second-order valence-corrected chi connectivity index (χ2v) is 5.99. The fourth-order valence-electron chi connectivity index (χ4n) is 2.49. The van der Waals surface area contributed by atoms with Crippen molar-refractivity contribution in [2.75, 3.05) is 17.7 Å². The van der Waals surface area contributed by atoms with Gasteiger partial charge in [-0.15, -0.1) is 0 Å². The molecule has 0 spiro atoms. The van der Waals surface area contributed by atoms with Crippen LogP contribution < -0.4 is 15.4 Å². The summed E-state index contributed by atoms with van der Waals surface area (Å²) < 4.78 is 5.14. The number of aryl methyl sites for hydroxylation is 1. The van der Waals surface area contributed by atoms with Crippen molar-refractivity contribution in [3.63, 3.8) is 0 Å². The van der Waals surface area contributed by atoms with Crippen LogP contribution in [0, 0.1) is 0 Å². The zero-order valence-corrected chi connectivity index (χ0v) is 15.4. The lowest BCUT2D eigenvalue weighted by molar-refractivity contribution is 0.102. The Labute approximate surface area is 158 Å². The Bertz CT molecular complexity index is 876. The molecule has 0 fully saturated rings. The van der Waals surface area contributed by atoms with E-state index in [1.54, 1.807) is 13.3 Å². The highest BCUT2D eigenvalue weighted by Crippen LogP contribution is 2.13. The molecule has 0 bridgehead atoms. The summed E-state index contributed by atoms with van der Waals surface area (Å²) in [5.74, 6) is 1.14. The van der Waals surface area contributed by atoms with Crippen molar-refractivity contribution in [3.8, 4) is 5.75 Å².